The summed E-state index contributed by atoms with van der Waals surface area (Å²) in [5, 5.41) is 12.5. The van der Waals surface area contributed by atoms with Crippen LogP contribution < -0.4 is 4.90 Å². The number of carbonyl (C=O) groups is 1. The highest BCUT2D eigenvalue weighted by atomic mass is 35.5. The fraction of sp³-hybridized carbons (Fsp3) is 0.227. The molecule has 0 spiro atoms. The van der Waals surface area contributed by atoms with Gasteiger partial charge in [0, 0.05) is 47.7 Å². The van der Waals surface area contributed by atoms with Crippen LogP contribution in [-0.2, 0) is 6.54 Å². The van der Waals surface area contributed by atoms with Crippen LogP contribution in [-0.4, -0.2) is 31.9 Å². The van der Waals surface area contributed by atoms with Crippen molar-refractivity contribution in [2.45, 2.75) is 26.8 Å². The second kappa shape index (κ2) is 9.05. The fourth-order valence-corrected chi connectivity index (χ4v) is 4.91. The third-order valence-corrected chi connectivity index (χ3v) is 6.37. The fourth-order valence-electron chi connectivity index (χ4n) is 3.47. The summed E-state index contributed by atoms with van der Waals surface area (Å²) < 4.78 is 2.81. The molecule has 4 aromatic rings. The molecule has 1 amide bonds. The summed E-state index contributed by atoms with van der Waals surface area (Å²) in [4.78, 5) is 34.7. The minimum absolute atomic E-state index is 0.0823. The molecule has 2 aromatic carbocycles. The zero-order valence-electron chi connectivity index (χ0n) is 17.5. The topological polar surface area (TPSA) is 94.2 Å². The van der Waals surface area contributed by atoms with Gasteiger partial charge in [0.25, 0.3) is 11.6 Å². The Labute approximate surface area is 193 Å². The van der Waals surface area contributed by atoms with Crippen LogP contribution >= 0.6 is 22.9 Å². The molecule has 0 aliphatic heterocycles. The van der Waals surface area contributed by atoms with Crippen LogP contribution in [0, 0.1) is 24.0 Å². The smallest absolute Gasteiger partial charge is 0.273 e. The summed E-state index contributed by atoms with van der Waals surface area (Å²) in [6.45, 7) is 4.64. The Balaban J connectivity index is 1.70. The minimum Gasteiger partial charge on any atom is -0.337 e. The predicted molar refractivity (Wildman–Crippen MR) is 126 cm³/mol. The van der Waals surface area contributed by atoms with E-state index in [0.717, 1.165) is 15.8 Å². The molecule has 32 heavy (non-hydrogen) atoms. The quantitative estimate of drug-likeness (QED) is 0.266. The van der Waals surface area contributed by atoms with Crippen LogP contribution in [0.3, 0.4) is 0 Å². The van der Waals surface area contributed by atoms with E-state index in [1.807, 2.05) is 29.8 Å². The Bertz CT molecular complexity index is 1300. The molecule has 4 rings (SSSR count). The van der Waals surface area contributed by atoms with Gasteiger partial charge in [-0.2, -0.15) is 0 Å². The molecule has 0 aliphatic rings. The van der Waals surface area contributed by atoms with Gasteiger partial charge in [-0.15, -0.1) is 0 Å². The normalized spacial score (nSPS) is 11.1. The standard InChI is InChI=1S/C22H20ClN5O3S/c1-14-4-5-16(11-18(14)28(30)31)21(29)27(8-3-7-26-9-6-24-13-26)22-25-20-15(2)10-17(23)12-19(20)32-22/h4-6,9-13H,3,7-8H2,1-2H3. The summed E-state index contributed by atoms with van der Waals surface area (Å²) in [6.07, 6.45) is 5.94. The van der Waals surface area contributed by atoms with Gasteiger partial charge in [-0.1, -0.05) is 29.0 Å². The number of carbonyl (C=O) groups excluding carboxylic acids is 1. The van der Waals surface area contributed by atoms with E-state index in [9.17, 15) is 14.9 Å². The number of nitro benzene ring substituents is 1. The van der Waals surface area contributed by atoms with Gasteiger partial charge in [-0.05, 0) is 44.0 Å². The molecule has 0 N–H and O–H groups in total. The number of imidazole rings is 1. The molecule has 0 radical (unpaired) electrons. The van der Waals surface area contributed by atoms with Crippen molar-refractivity contribution in [1.29, 1.82) is 0 Å². The van der Waals surface area contributed by atoms with E-state index in [1.54, 1.807) is 36.5 Å². The number of halogens is 1. The Morgan fingerprint density at radius 1 is 1.25 bits per heavy atom. The number of thiazole rings is 1. The van der Waals surface area contributed by atoms with Crippen molar-refractivity contribution in [2.24, 2.45) is 0 Å². The lowest BCUT2D eigenvalue weighted by Gasteiger charge is -2.20. The summed E-state index contributed by atoms with van der Waals surface area (Å²) >= 11 is 7.57. The molecule has 8 nitrogen and oxygen atoms in total. The third-order valence-electron chi connectivity index (χ3n) is 5.13. The van der Waals surface area contributed by atoms with Crippen LogP contribution in [0.15, 0.2) is 49.1 Å². The van der Waals surface area contributed by atoms with Crippen molar-refractivity contribution in [3.63, 3.8) is 0 Å². The Kier molecular flexibility index (Phi) is 6.20. The van der Waals surface area contributed by atoms with Gasteiger partial charge in [0.15, 0.2) is 5.13 Å². The van der Waals surface area contributed by atoms with E-state index in [-0.39, 0.29) is 17.2 Å². The van der Waals surface area contributed by atoms with Gasteiger partial charge in [0.2, 0.25) is 0 Å². The van der Waals surface area contributed by atoms with Crippen molar-refractivity contribution < 1.29 is 9.72 Å². The molecular formula is C22H20ClN5O3S. The van der Waals surface area contributed by atoms with Gasteiger partial charge < -0.3 is 4.57 Å². The van der Waals surface area contributed by atoms with Gasteiger partial charge >= 0.3 is 0 Å². The number of anilines is 1. The molecule has 2 heterocycles. The van der Waals surface area contributed by atoms with Crippen LogP contribution in [0.4, 0.5) is 10.8 Å². The number of nitrogens with zero attached hydrogens (tertiary/aromatic N) is 5. The SMILES string of the molecule is Cc1ccc(C(=O)N(CCCn2ccnc2)c2nc3c(C)cc(Cl)cc3s2)cc1[N+](=O)[O-]. The zero-order chi connectivity index (χ0) is 22.8. The van der Waals surface area contributed by atoms with Crippen molar-refractivity contribution in [1.82, 2.24) is 14.5 Å². The van der Waals surface area contributed by atoms with E-state index < -0.39 is 4.92 Å². The van der Waals surface area contributed by atoms with Crippen molar-refractivity contribution in [3.05, 3.63) is 80.9 Å². The predicted octanol–water partition coefficient (Wildman–Crippen LogP) is 5.41. The number of fused-ring (bicyclic) bond motifs is 1. The second-order valence-corrected chi connectivity index (χ2v) is 8.88. The van der Waals surface area contributed by atoms with Crippen molar-refractivity contribution in [3.8, 4) is 0 Å². The summed E-state index contributed by atoms with van der Waals surface area (Å²) in [6, 6.07) is 8.20. The first kappa shape index (κ1) is 21.9. The molecule has 0 unspecified atom stereocenters. The summed E-state index contributed by atoms with van der Waals surface area (Å²) in [5.74, 6) is -0.332. The number of amides is 1. The molecule has 0 aliphatic carbocycles. The monoisotopic (exact) mass is 469 g/mol. The molecule has 2 aromatic heterocycles. The highest BCUT2D eigenvalue weighted by Gasteiger charge is 2.24. The Morgan fingerprint density at radius 2 is 2.06 bits per heavy atom. The maximum atomic E-state index is 13.5. The third kappa shape index (κ3) is 4.49. The number of rotatable bonds is 7. The summed E-state index contributed by atoms with van der Waals surface area (Å²) in [7, 11) is 0. The van der Waals surface area contributed by atoms with Gasteiger partial charge in [0.1, 0.15) is 0 Å². The maximum Gasteiger partial charge on any atom is 0.273 e. The van der Waals surface area contributed by atoms with Crippen molar-refractivity contribution in [2.75, 3.05) is 11.4 Å². The first-order valence-electron chi connectivity index (χ1n) is 9.93. The largest absolute Gasteiger partial charge is 0.337 e. The number of nitro groups is 1. The second-order valence-electron chi connectivity index (χ2n) is 7.44. The first-order valence-corrected chi connectivity index (χ1v) is 11.1. The van der Waals surface area contributed by atoms with Gasteiger partial charge in [-0.3, -0.25) is 19.8 Å². The highest BCUT2D eigenvalue weighted by molar-refractivity contribution is 7.22. The molecule has 0 bridgehead atoms. The highest BCUT2D eigenvalue weighted by Crippen LogP contribution is 2.34. The maximum absolute atomic E-state index is 13.5. The van der Waals surface area contributed by atoms with Crippen LogP contribution in [0.5, 0.6) is 0 Å². The Hall–Kier alpha value is -3.30. The first-order chi connectivity index (χ1) is 15.3. The molecular weight excluding hydrogens is 450 g/mol. The average molecular weight is 470 g/mol. The molecule has 10 heteroatoms. The number of aromatic nitrogens is 3. The van der Waals surface area contributed by atoms with E-state index in [0.29, 0.717) is 35.2 Å². The lowest BCUT2D eigenvalue weighted by molar-refractivity contribution is -0.385. The molecule has 0 saturated carbocycles. The molecule has 164 valence electrons. The Morgan fingerprint density at radius 3 is 2.78 bits per heavy atom. The van der Waals surface area contributed by atoms with E-state index >= 15 is 0 Å². The number of aryl methyl sites for hydroxylation is 3. The minimum atomic E-state index is -0.474. The number of hydrogen-bond donors (Lipinski definition) is 0. The average Bonchev–Trinajstić information content (AvgIpc) is 3.41. The van der Waals surface area contributed by atoms with Crippen molar-refractivity contribution >= 4 is 49.9 Å². The number of hydrogen-bond acceptors (Lipinski definition) is 6. The van der Waals surface area contributed by atoms with E-state index in [1.165, 1.54) is 17.4 Å². The molecule has 0 fully saturated rings. The van der Waals surface area contributed by atoms with Crippen LogP contribution in [0.25, 0.3) is 10.2 Å². The van der Waals surface area contributed by atoms with Crippen LogP contribution in [0.1, 0.15) is 27.9 Å². The lowest BCUT2D eigenvalue weighted by atomic mass is 10.1. The van der Waals surface area contributed by atoms with Gasteiger partial charge in [0.05, 0.1) is 21.5 Å². The van der Waals surface area contributed by atoms with E-state index in [2.05, 4.69) is 4.98 Å². The van der Waals surface area contributed by atoms with Crippen LogP contribution in [0.2, 0.25) is 5.02 Å². The van der Waals surface area contributed by atoms with E-state index in [4.69, 9.17) is 16.6 Å². The molecule has 0 atom stereocenters. The molecule has 0 saturated heterocycles. The van der Waals surface area contributed by atoms with Gasteiger partial charge in [-0.25, -0.2) is 9.97 Å². The lowest BCUT2D eigenvalue weighted by Crippen LogP contribution is -2.32. The summed E-state index contributed by atoms with van der Waals surface area (Å²) in [5.41, 5.74) is 2.38. The number of benzene rings is 2. The zero-order valence-corrected chi connectivity index (χ0v) is 19.1.